The number of nitrogens with two attached hydrogens (primary N) is 1. The van der Waals surface area contributed by atoms with Gasteiger partial charge in [-0.3, -0.25) is 0 Å². The first-order valence-electron chi connectivity index (χ1n) is 4.52. The van der Waals surface area contributed by atoms with E-state index in [2.05, 4.69) is 6.92 Å². The molecule has 2 heteroatoms. The molecule has 0 radical (unpaired) electrons. The zero-order valence-corrected chi connectivity index (χ0v) is 7.60. The van der Waals surface area contributed by atoms with Crippen LogP contribution in [0.15, 0.2) is 0 Å². The van der Waals surface area contributed by atoms with Crippen LogP contribution in [0.1, 0.15) is 39.0 Å². The molecule has 2 N–H and O–H groups in total. The summed E-state index contributed by atoms with van der Waals surface area (Å²) in [5.74, 6) is 0. The predicted octanol–water partition coefficient (Wildman–Crippen LogP) is 1.68. The minimum Gasteiger partial charge on any atom is -0.377 e. The summed E-state index contributed by atoms with van der Waals surface area (Å²) in [6.07, 6.45) is 6.17. The molecule has 11 heavy (non-hydrogen) atoms. The molecule has 66 valence electrons. The molecule has 0 unspecified atom stereocenters. The molecule has 1 fully saturated rings. The summed E-state index contributed by atoms with van der Waals surface area (Å²) in [5.41, 5.74) is 5.89. The van der Waals surface area contributed by atoms with E-state index in [9.17, 15) is 0 Å². The summed E-state index contributed by atoms with van der Waals surface area (Å²) in [7, 11) is 1.79. The fourth-order valence-electron chi connectivity index (χ4n) is 2.00. The average molecular weight is 157 g/mol. The highest BCUT2D eigenvalue weighted by Crippen LogP contribution is 2.32. The molecule has 0 aromatic heterocycles. The van der Waals surface area contributed by atoms with Crippen LogP contribution in [0.25, 0.3) is 0 Å². The van der Waals surface area contributed by atoms with Crippen molar-refractivity contribution in [3.63, 3.8) is 0 Å². The van der Waals surface area contributed by atoms with Crippen LogP contribution >= 0.6 is 0 Å². The van der Waals surface area contributed by atoms with E-state index in [4.69, 9.17) is 10.5 Å². The molecule has 0 aliphatic heterocycles. The van der Waals surface area contributed by atoms with Gasteiger partial charge < -0.3 is 10.5 Å². The van der Waals surface area contributed by atoms with E-state index in [1.807, 2.05) is 0 Å². The van der Waals surface area contributed by atoms with Gasteiger partial charge in [-0.1, -0.05) is 19.3 Å². The molecule has 1 rings (SSSR count). The van der Waals surface area contributed by atoms with Crippen molar-refractivity contribution in [1.82, 2.24) is 0 Å². The van der Waals surface area contributed by atoms with Crippen molar-refractivity contribution in [2.75, 3.05) is 7.11 Å². The molecule has 1 saturated carbocycles. The Kier molecular flexibility index (Phi) is 2.90. The molecule has 1 atom stereocenters. The Balaban J connectivity index is 2.57. The van der Waals surface area contributed by atoms with Gasteiger partial charge in [-0.15, -0.1) is 0 Å². The molecular formula is C9H19NO. The molecule has 1 aliphatic rings. The Hall–Kier alpha value is -0.0800. The minimum absolute atomic E-state index is 0.00174. The maximum Gasteiger partial charge on any atom is 0.0826 e. The largest absolute Gasteiger partial charge is 0.377 e. The number of ether oxygens (including phenoxy) is 1. The van der Waals surface area contributed by atoms with Gasteiger partial charge in [0.15, 0.2) is 0 Å². The summed E-state index contributed by atoms with van der Waals surface area (Å²) in [5, 5.41) is 0. The van der Waals surface area contributed by atoms with Crippen LogP contribution in [0, 0.1) is 0 Å². The van der Waals surface area contributed by atoms with Crippen molar-refractivity contribution in [3.8, 4) is 0 Å². The number of methoxy groups -OCH3 is 1. The Morgan fingerprint density at radius 3 is 2.09 bits per heavy atom. The van der Waals surface area contributed by atoms with Gasteiger partial charge in [-0.05, 0) is 19.8 Å². The summed E-state index contributed by atoms with van der Waals surface area (Å²) >= 11 is 0. The second-order valence-electron chi connectivity index (χ2n) is 3.62. The van der Waals surface area contributed by atoms with Gasteiger partial charge in [0, 0.05) is 13.2 Å². The topological polar surface area (TPSA) is 35.2 Å². The van der Waals surface area contributed by atoms with Gasteiger partial charge in [0.1, 0.15) is 0 Å². The molecule has 0 saturated heterocycles. The molecule has 0 aromatic rings. The fourth-order valence-corrected chi connectivity index (χ4v) is 2.00. The van der Waals surface area contributed by atoms with Crippen LogP contribution < -0.4 is 5.73 Å². The highest BCUT2D eigenvalue weighted by Gasteiger charge is 2.35. The fraction of sp³-hybridized carbons (Fsp3) is 1.00. The monoisotopic (exact) mass is 157 g/mol. The molecule has 1 aliphatic carbocycles. The van der Waals surface area contributed by atoms with Crippen molar-refractivity contribution in [2.24, 2.45) is 5.73 Å². The van der Waals surface area contributed by atoms with Crippen LogP contribution in [0.3, 0.4) is 0 Å². The SMILES string of the molecule is COC1([C@H](C)N)CCCCC1. The van der Waals surface area contributed by atoms with Gasteiger partial charge in [-0.25, -0.2) is 0 Å². The third-order valence-corrected chi connectivity index (χ3v) is 2.94. The number of hydrogen-bond donors (Lipinski definition) is 1. The lowest BCUT2D eigenvalue weighted by atomic mass is 9.80. The maximum atomic E-state index is 5.89. The Labute approximate surface area is 69.1 Å². The van der Waals surface area contributed by atoms with E-state index < -0.39 is 0 Å². The number of hydrogen-bond acceptors (Lipinski definition) is 2. The smallest absolute Gasteiger partial charge is 0.0826 e. The summed E-state index contributed by atoms with van der Waals surface area (Å²) in [4.78, 5) is 0. The highest BCUT2D eigenvalue weighted by atomic mass is 16.5. The first kappa shape index (κ1) is 9.01. The van der Waals surface area contributed by atoms with E-state index in [-0.39, 0.29) is 11.6 Å². The van der Waals surface area contributed by atoms with Gasteiger partial charge in [0.2, 0.25) is 0 Å². The lowest BCUT2D eigenvalue weighted by Gasteiger charge is -2.39. The van der Waals surface area contributed by atoms with Crippen LogP contribution in [-0.2, 0) is 4.74 Å². The molecule has 0 spiro atoms. The van der Waals surface area contributed by atoms with Crippen LogP contribution in [-0.4, -0.2) is 18.8 Å². The number of rotatable bonds is 2. The first-order chi connectivity index (χ1) is 5.21. The average Bonchev–Trinajstić information content (AvgIpc) is 2.05. The molecule has 0 amide bonds. The second-order valence-corrected chi connectivity index (χ2v) is 3.62. The second kappa shape index (κ2) is 3.55. The molecular weight excluding hydrogens is 138 g/mol. The third kappa shape index (κ3) is 1.74. The normalized spacial score (nSPS) is 26.5. The van der Waals surface area contributed by atoms with E-state index in [0.717, 1.165) is 12.8 Å². The predicted molar refractivity (Wildman–Crippen MR) is 46.5 cm³/mol. The van der Waals surface area contributed by atoms with E-state index >= 15 is 0 Å². The third-order valence-electron chi connectivity index (χ3n) is 2.94. The van der Waals surface area contributed by atoms with Crippen molar-refractivity contribution >= 4 is 0 Å². The quantitative estimate of drug-likeness (QED) is 0.662. The Morgan fingerprint density at radius 2 is 1.82 bits per heavy atom. The molecule has 0 heterocycles. The van der Waals surface area contributed by atoms with Crippen molar-refractivity contribution in [1.29, 1.82) is 0 Å². The van der Waals surface area contributed by atoms with Crippen molar-refractivity contribution in [3.05, 3.63) is 0 Å². The maximum absolute atomic E-state index is 5.89. The van der Waals surface area contributed by atoms with Crippen LogP contribution in [0.5, 0.6) is 0 Å². The summed E-state index contributed by atoms with van der Waals surface area (Å²) in [6.45, 7) is 2.05. The van der Waals surface area contributed by atoms with Crippen molar-refractivity contribution < 1.29 is 4.74 Å². The van der Waals surface area contributed by atoms with E-state index in [0.29, 0.717) is 0 Å². The van der Waals surface area contributed by atoms with Crippen molar-refractivity contribution in [2.45, 2.75) is 50.7 Å². The molecule has 0 bridgehead atoms. The Bertz CT molecular complexity index is 117. The highest BCUT2D eigenvalue weighted by molar-refractivity contribution is 4.90. The molecule has 0 aromatic carbocycles. The Morgan fingerprint density at radius 1 is 1.27 bits per heavy atom. The van der Waals surface area contributed by atoms with Gasteiger partial charge in [0.05, 0.1) is 5.60 Å². The van der Waals surface area contributed by atoms with E-state index in [1.165, 1.54) is 19.3 Å². The minimum atomic E-state index is -0.00174. The van der Waals surface area contributed by atoms with Gasteiger partial charge >= 0.3 is 0 Å². The lowest BCUT2D eigenvalue weighted by Crippen LogP contribution is -2.48. The lowest BCUT2D eigenvalue weighted by molar-refractivity contribution is -0.0543. The van der Waals surface area contributed by atoms with E-state index in [1.54, 1.807) is 7.11 Å². The van der Waals surface area contributed by atoms with Gasteiger partial charge in [-0.2, -0.15) is 0 Å². The van der Waals surface area contributed by atoms with Crippen LogP contribution in [0.2, 0.25) is 0 Å². The zero-order valence-electron chi connectivity index (χ0n) is 7.60. The van der Waals surface area contributed by atoms with Gasteiger partial charge in [0.25, 0.3) is 0 Å². The summed E-state index contributed by atoms with van der Waals surface area (Å²) in [6, 6.07) is 0.174. The van der Waals surface area contributed by atoms with Crippen LogP contribution in [0.4, 0.5) is 0 Å². The zero-order chi connectivity index (χ0) is 8.32. The molecule has 2 nitrogen and oxygen atoms in total. The standard InChI is InChI=1S/C9H19NO/c1-8(10)9(11-2)6-4-3-5-7-9/h8H,3-7,10H2,1-2H3/t8-/m0/s1. The first-order valence-corrected chi connectivity index (χ1v) is 4.52. The summed E-state index contributed by atoms with van der Waals surface area (Å²) < 4.78 is 5.52.